The van der Waals surface area contributed by atoms with Gasteiger partial charge >= 0.3 is 0 Å². The lowest BCUT2D eigenvalue weighted by molar-refractivity contribution is -0.217. The van der Waals surface area contributed by atoms with Gasteiger partial charge < -0.3 is 9.47 Å². The summed E-state index contributed by atoms with van der Waals surface area (Å²) in [5, 5.41) is 0. The molecule has 114 valence electrons. The van der Waals surface area contributed by atoms with Gasteiger partial charge in [0, 0.05) is 27.1 Å². The molecule has 0 aromatic rings. The van der Waals surface area contributed by atoms with Crippen LogP contribution in [0.15, 0.2) is 0 Å². The Morgan fingerprint density at radius 2 is 1.53 bits per heavy atom. The van der Waals surface area contributed by atoms with E-state index < -0.39 is 0 Å². The van der Waals surface area contributed by atoms with Crippen molar-refractivity contribution in [3.8, 4) is 0 Å². The minimum absolute atomic E-state index is 0.311. The maximum atomic E-state index is 5.73. The first-order chi connectivity index (χ1) is 9.26. The Bertz CT molecular complexity index is 205. The predicted octanol–water partition coefficient (Wildman–Crippen LogP) is 5.31. The molecule has 0 radical (unpaired) electrons. The number of ether oxygens (including phenoxy) is 2. The summed E-state index contributed by atoms with van der Waals surface area (Å²) in [6, 6.07) is 0. The van der Waals surface area contributed by atoms with Crippen molar-refractivity contribution in [2.24, 2.45) is 5.92 Å². The minimum Gasteiger partial charge on any atom is -0.353 e. The number of unbranched alkanes of at least 4 members (excludes halogenated alkanes) is 4. The van der Waals surface area contributed by atoms with Crippen molar-refractivity contribution in [3.63, 3.8) is 0 Å². The first-order valence-electron chi connectivity index (χ1n) is 8.36. The molecule has 0 saturated heterocycles. The van der Waals surface area contributed by atoms with Crippen molar-refractivity contribution in [3.05, 3.63) is 0 Å². The van der Waals surface area contributed by atoms with Gasteiger partial charge in [-0.3, -0.25) is 0 Å². The molecule has 0 unspecified atom stereocenters. The molecule has 0 atom stereocenters. The van der Waals surface area contributed by atoms with Gasteiger partial charge in [0.05, 0.1) is 0 Å². The van der Waals surface area contributed by atoms with Crippen LogP contribution >= 0.6 is 0 Å². The molecule has 0 heterocycles. The van der Waals surface area contributed by atoms with Crippen LogP contribution in [-0.4, -0.2) is 20.0 Å². The second kappa shape index (κ2) is 9.77. The molecule has 0 spiro atoms. The van der Waals surface area contributed by atoms with Crippen molar-refractivity contribution >= 4 is 0 Å². The monoisotopic (exact) mass is 270 g/mol. The Labute approximate surface area is 120 Å². The van der Waals surface area contributed by atoms with Gasteiger partial charge in [-0.05, 0) is 18.8 Å². The summed E-state index contributed by atoms with van der Waals surface area (Å²) >= 11 is 0. The SMILES string of the molecule is CCCCCCCC(CCC1CCCC1)(OC)OC. The fourth-order valence-corrected chi connectivity index (χ4v) is 3.34. The molecule has 1 rings (SSSR count). The molecular weight excluding hydrogens is 236 g/mol. The first-order valence-corrected chi connectivity index (χ1v) is 8.36. The van der Waals surface area contributed by atoms with Crippen molar-refractivity contribution in [1.82, 2.24) is 0 Å². The van der Waals surface area contributed by atoms with Crippen LogP contribution in [0.3, 0.4) is 0 Å². The highest BCUT2D eigenvalue weighted by molar-refractivity contribution is 4.75. The highest BCUT2D eigenvalue weighted by Crippen LogP contribution is 2.33. The molecule has 0 aromatic carbocycles. The highest BCUT2D eigenvalue weighted by Gasteiger charge is 2.30. The Hall–Kier alpha value is -0.0800. The lowest BCUT2D eigenvalue weighted by atomic mass is 9.94. The first kappa shape index (κ1) is 17.0. The Morgan fingerprint density at radius 3 is 2.11 bits per heavy atom. The summed E-state index contributed by atoms with van der Waals surface area (Å²) in [5.41, 5.74) is 0. The summed E-state index contributed by atoms with van der Waals surface area (Å²) in [4.78, 5) is 0. The van der Waals surface area contributed by atoms with E-state index in [2.05, 4.69) is 6.92 Å². The van der Waals surface area contributed by atoms with Gasteiger partial charge in [-0.25, -0.2) is 0 Å². The van der Waals surface area contributed by atoms with Crippen LogP contribution in [0.25, 0.3) is 0 Å². The molecule has 1 aliphatic rings. The summed E-state index contributed by atoms with van der Waals surface area (Å²) < 4.78 is 11.5. The maximum Gasteiger partial charge on any atom is 0.167 e. The Balaban J connectivity index is 2.26. The molecule has 2 heteroatoms. The standard InChI is InChI=1S/C17H34O2/c1-4-5-6-7-10-14-17(18-2,19-3)15-13-16-11-8-9-12-16/h16H,4-15H2,1-3H3. The van der Waals surface area contributed by atoms with Crippen LogP contribution in [0.2, 0.25) is 0 Å². The van der Waals surface area contributed by atoms with E-state index in [1.807, 2.05) is 14.2 Å². The van der Waals surface area contributed by atoms with Crippen LogP contribution in [-0.2, 0) is 9.47 Å². The van der Waals surface area contributed by atoms with Gasteiger partial charge in [0.1, 0.15) is 0 Å². The third-order valence-corrected chi connectivity index (χ3v) is 4.81. The van der Waals surface area contributed by atoms with Crippen molar-refractivity contribution < 1.29 is 9.47 Å². The van der Waals surface area contributed by atoms with Crippen molar-refractivity contribution in [2.75, 3.05) is 14.2 Å². The molecule has 1 aliphatic carbocycles. The molecule has 0 amide bonds. The quantitative estimate of drug-likeness (QED) is 0.374. The molecular formula is C17H34O2. The van der Waals surface area contributed by atoms with E-state index in [0.717, 1.165) is 18.8 Å². The van der Waals surface area contributed by atoms with E-state index in [0.29, 0.717) is 0 Å². The van der Waals surface area contributed by atoms with Crippen LogP contribution < -0.4 is 0 Å². The fourth-order valence-electron chi connectivity index (χ4n) is 3.34. The largest absolute Gasteiger partial charge is 0.353 e. The molecule has 0 aromatic heterocycles. The molecule has 0 aliphatic heterocycles. The van der Waals surface area contributed by atoms with E-state index in [4.69, 9.17) is 9.47 Å². The number of hydrogen-bond donors (Lipinski definition) is 0. The van der Waals surface area contributed by atoms with Gasteiger partial charge in [0.2, 0.25) is 0 Å². The molecule has 2 nitrogen and oxygen atoms in total. The van der Waals surface area contributed by atoms with Gasteiger partial charge in [-0.1, -0.05) is 58.3 Å². The van der Waals surface area contributed by atoms with Crippen LogP contribution in [0.1, 0.15) is 84.0 Å². The topological polar surface area (TPSA) is 18.5 Å². The smallest absolute Gasteiger partial charge is 0.167 e. The van der Waals surface area contributed by atoms with Gasteiger partial charge in [0.15, 0.2) is 5.79 Å². The second-order valence-electron chi connectivity index (χ2n) is 6.17. The van der Waals surface area contributed by atoms with Crippen LogP contribution in [0, 0.1) is 5.92 Å². The van der Waals surface area contributed by atoms with Gasteiger partial charge in [-0.15, -0.1) is 0 Å². The molecule has 19 heavy (non-hydrogen) atoms. The highest BCUT2D eigenvalue weighted by atomic mass is 16.7. The van der Waals surface area contributed by atoms with Crippen LogP contribution in [0.5, 0.6) is 0 Å². The van der Waals surface area contributed by atoms with E-state index in [1.165, 1.54) is 64.2 Å². The number of hydrogen-bond acceptors (Lipinski definition) is 2. The summed E-state index contributed by atoms with van der Waals surface area (Å²) in [6.07, 6.45) is 15.6. The zero-order valence-corrected chi connectivity index (χ0v) is 13.4. The number of rotatable bonds is 11. The predicted molar refractivity (Wildman–Crippen MR) is 81.3 cm³/mol. The second-order valence-corrected chi connectivity index (χ2v) is 6.17. The van der Waals surface area contributed by atoms with Crippen LogP contribution in [0.4, 0.5) is 0 Å². The van der Waals surface area contributed by atoms with E-state index in [-0.39, 0.29) is 5.79 Å². The Morgan fingerprint density at radius 1 is 0.895 bits per heavy atom. The van der Waals surface area contributed by atoms with E-state index in [1.54, 1.807) is 0 Å². The molecule has 0 N–H and O–H groups in total. The lowest BCUT2D eigenvalue weighted by Crippen LogP contribution is -2.34. The zero-order chi connectivity index (χ0) is 14.0. The number of methoxy groups -OCH3 is 2. The summed E-state index contributed by atoms with van der Waals surface area (Å²) in [7, 11) is 3.62. The molecule has 1 saturated carbocycles. The van der Waals surface area contributed by atoms with E-state index in [9.17, 15) is 0 Å². The fraction of sp³-hybridized carbons (Fsp3) is 1.00. The summed E-state index contributed by atoms with van der Waals surface area (Å²) in [6.45, 7) is 2.26. The average Bonchev–Trinajstić information content (AvgIpc) is 2.96. The average molecular weight is 270 g/mol. The zero-order valence-electron chi connectivity index (χ0n) is 13.4. The normalized spacial score (nSPS) is 17.2. The van der Waals surface area contributed by atoms with Gasteiger partial charge in [0.25, 0.3) is 0 Å². The minimum atomic E-state index is -0.311. The third kappa shape index (κ3) is 6.27. The third-order valence-electron chi connectivity index (χ3n) is 4.81. The van der Waals surface area contributed by atoms with Crippen molar-refractivity contribution in [1.29, 1.82) is 0 Å². The van der Waals surface area contributed by atoms with E-state index >= 15 is 0 Å². The lowest BCUT2D eigenvalue weighted by Gasteiger charge is -2.32. The summed E-state index contributed by atoms with van der Waals surface area (Å²) in [5.74, 6) is 0.610. The maximum absolute atomic E-state index is 5.73. The molecule has 1 fully saturated rings. The molecule has 0 bridgehead atoms. The van der Waals surface area contributed by atoms with Gasteiger partial charge in [-0.2, -0.15) is 0 Å². The Kier molecular flexibility index (Phi) is 8.72. The van der Waals surface area contributed by atoms with Crippen molar-refractivity contribution in [2.45, 2.75) is 89.8 Å².